The highest BCUT2D eigenvalue weighted by Gasteiger charge is 2.47. The number of aliphatic hydroxyl groups is 3. The summed E-state index contributed by atoms with van der Waals surface area (Å²) in [5.41, 5.74) is 1.55. The lowest BCUT2D eigenvalue weighted by atomic mass is 9.99. The number of aromatic amines is 1. The molecule has 5 atom stereocenters. The maximum absolute atomic E-state index is 10.6. The predicted molar refractivity (Wildman–Crippen MR) is 94.0 cm³/mol. The number of imidazole rings is 1. The van der Waals surface area contributed by atoms with Crippen molar-refractivity contribution >= 4 is 22.8 Å². The van der Waals surface area contributed by atoms with Gasteiger partial charge < -0.3 is 30.9 Å². The zero-order valence-corrected chi connectivity index (χ0v) is 14.6. The SMILES string of the molecule is NN=c1nc[nH]c2c1ncn2[C@@H]1O[C@H](C(O)c2ccc(Cl)cc2)[C@@H](O)[C@H]1O. The van der Waals surface area contributed by atoms with Crippen molar-refractivity contribution in [3.05, 3.63) is 53.0 Å². The molecule has 0 aliphatic carbocycles. The van der Waals surface area contributed by atoms with Crippen LogP contribution in [0.4, 0.5) is 0 Å². The molecule has 0 radical (unpaired) electrons. The van der Waals surface area contributed by atoms with Crippen molar-refractivity contribution in [3.63, 3.8) is 0 Å². The minimum Gasteiger partial charge on any atom is -0.387 e. The van der Waals surface area contributed by atoms with Crippen molar-refractivity contribution < 1.29 is 20.1 Å². The fourth-order valence-electron chi connectivity index (χ4n) is 3.20. The van der Waals surface area contributed by atoms with Crippen molar-refractivity contribution in [2.24, 2.45) is 10.9 Å². The lowest BCUT2D eigenvalue weighted by Gasteiger charge is -2.21. The van der Waals surface area contributed by atoms with Crippen molar-refractivity contribution in [1.29, 1.82) is 0 Å². The van der Waals surface area contributed by atoms with E-state index in [1.54, 1.807) is 24.3 Å². The zero-order valence-electron chi connectivity index (χ0n) is 13.8. The molecule has 3 heterocycles. The Morgan fingerprint density at radius 3 is 2.67 bits per heavy atom. The molecule has 2 aromatic heterocycles. The third-order valence-electron chi connectivity index (χ3n) is 4.59. The summed E-state index contributed by atoms with van der Waals surface area (Å²) < 4.78 is 7.29. The number of H-pyrrole nitrogens is 1. The first kappa shape index (κ1) is 17.9. The van der Waals surface area contributed by atoms with Gasteiger partial charge in [0, 0.05) is 5.02 Å². The molecule has 0 amide bonds. The molecule has 10 nitrogen and oxygen atoms in total. The fraction of sp³-hybridized carbons (Fsp3) is 0.312. The second-order valence-electron chi connectivity index (χ2n) is 6.17. The van der Waals surface area contributed by atoms with Crippen molar-refractivity contribution in [2.45, 2.75) is 30.6 Å². The van der Waals surface area contributed by atoms with Crippen LogP contribution in [-0.4, -0.2) is 53.2 Å². The largest absolute Gasteiger partial charge is 0.387 e. The number of hydrogen-bond acceptors (Lipinski definition) is 8. The van der Waals surface area contributed by atoms with Crippen LogP contribution in [0, 0.1) is 0 Å². The van der Waals surface area contributed by atoms with Gasteiger partial charge in [0.2, 0.25) is 5.49 Å². The standard InChI is InChI=1S/C16H17ClN6O4/c17-8-3-1-7(2-4-8)10(24)13-11(25)12(26)16(27-13)23-6-21-9-14(22-18)19-5-20-15(9)23/h1-6,10-13,16,24-26H,18H2,(H,19,20,22)/t10?,11-,12+,13+,16+/m0/s1. The average Bonchev–Trinajstić information content (AvgIpc) is 3.23. The minimum absolute atomic E-state index is 0.216. The van der Waals surface area contributed by atoms with Crippen LogP contribution in [0.25, 0.3) is 11.2 Å². The van der Waals surface area contributed by atoms with Gasteiger partial charge in [0.05, 0.1) is 12.7 Å². The highest BCUT2D eigenvalue weighted by Crippen LogP contribution is 2.36. The molecule has 1 unspecified atom stereocenters. The summed E-state index contributed by atoms with van der Waals surface area (Å²) in [6.07, 6.45) is -3.02. The van der Waals surface area contributed by atoms with E-state index < -0.39 is 30.6 Å². The lowest BCUT2D eigenvalue weighted by molar-refractivity contribution is -0.0849. The summed E-state index contributed by atoms with van der Waals surface area (Å²) in [5, 5.41) is 35.6. The van der Waals surface area contributed by atoms with Crippen LogP contribution in [0.5, 0.6) is 0 Å². The van der Waals surface area contributed by atoms with Crippen molar-refractivity contribution in [2.75, 3.05) is 0 Å². The van der Waals surface area contributed by atoms with Gasteiger partial charge in [0.25, 0.3) is 0 Å². The van der Waals surface area contributed by atoms with Crippen molar-refractivity contribution in [1.82, 2.24) is 19.5 Å². The number of fused-ring (bicyclic) bond motifs is 1. The van der Waals surface area contributed by atoms with Gasteiger partial charge in [-0.1, -0.05) is 23.7 Å². The van der Waals surface area contributed by atoms with E-state index >= 15 is 0 Å². The Kier molecular flexibility index (Phi) is 4.58. The quantitative estimate of drug-likeness (QED) is 0.298. The normalized spacial score (nSPS) is 27.3. The van der Waals surface area contributed by atoms with E-state index in [-0.39, 0.29) is 5.49 Å². The lowest BCUT2D eigenvalue weighted by Crippen LogP contribution is -2.34. The van der Waals surface area contributed by atoms with Gasteiger partial charge in [0.15, 0.2) is 11.7 Å². The Morgan fingerprint density at radius 1 is 1.22 bits per heavy atom. The first-order chi connectivity index (χ1) is 13.0. The van der Waals surface area contributed by atoms with Gasteiger partial charge in [-0.15, -0.1) is 0 Å². The summed E-state index contributed by atoms with van der Waals surface area (Å²) in [6.45, 7) is 0. The molecule has 0 bridgehead atoms. The van der Waals surface area contributed by atoms with Crippen LogP contribution in [0.1, 0.15) is 17.9 Å². The molecule has 11 heteroatoms. The van der Waals surface area contributed by atoms with E-state index in [0.717, 1.165) is 0 Å². The Balaban J connectivity index is 1.67. The molecular weight excluding hydrogens is 376 g/mol. The zero-order chi connectivity index (χ0) is 19.1. The predicted octanol–water partition coefficient (Wildman–Crippen LogP) is -0.460. The summed E-state index contributed by atoms with van der Waals surface area (Å²) in [6, 6.07) is 6.50. The molecule has 1 aromatic carbocycles. The van der Waals surface area contributed by atoms with Gasteiger partial charge in [-0.2, -0.15) is 5.10 Å². The molecule has 6 N–H and O–H groups in total. The third-order valence-corrected chi connectivity index (χ3v) is 4.84. The van der Waals surface area contributed by atoms with Gasteiger partial charge in [-0.25, -0.2) is 9.97 Å². The highest BCUT2D eigenvalue weighted by molar-refractivity contribution is 6.30. The topological polar surface area (TPSA) is 155 Å². The number of aliphatic hydroxyl groups excluding tert-OH is 3. The maximum Gasteiger partial charge on any atom is 0.202 e. The number of benzene rings is 1. The van der Waals surface area contributed by atoms with E-state index in [2.05, 4.69) is 20.1 Å². The third kappa shape index (κ3) is 2.97. The molecule has 1 fully saturated rings. The van der Waals surface area contributed by atoms with Crippen LogP contribution in [0.3, 0.4) is 0 Å². The van der Waals surface area contributed by atoms with Crippen LogP contribution in [0.15, 0.2) is 42.0 Å². The molecule has 0 saturated carbocycles. The number of aromatic nitrogens is 4. The molecular formula is C16H17ClN6O4. The number of halogens is 1. The average molecular weight is 393 g/mol. The minimum atomic E-state index is -1.32. The first-order valence-electron chi connectivity index (χ1n) is 8.10. The van der Waals surface area contributed by atoms with E-state index in [0.29, 0.717) is 21.7 Å². The van der Waals surface area contributed by atoms with E-state index in [1.807, 2.05) is 0 Å². The fourth-order valence-corrected chi connectivity index (χ4v) is 3.32. The number of nitrogens with one attached hydrogen (secondary N) is 1. The number of hydrogen-bond donors (Lipinski definition) is 5. The number of ether oxygens (including phenoxy) is 1. The van der Waals surface area contributed by atoms with E-state index in [1.165, 1.54) is 17.2 Å². The molecule has 1 aliphatic rings. The molecule has 142 valence electrons. The molecule has 27 heavy (non-hydrogen) atoms. The van der Waals surface area contributed by atoms with Gasteiger partial charge in [0.1, 0.15) is 30.1 Å². The number of nitrogens with two attached hydrogens (primary N) is 1. The Labute approximate surface area is 157 Å². The van der Waals surface area contributed by atoms with Crippen LogP contribution in [0.2, 0.25) is 5.02 Å². The summed E-state index contributed by atoms with van der Waals surface area (Å²) in [7, 11) is 0. The molecule has 4 rings (SSSR count). The monoisotopic (exact) mass is 392 g/mol. The summed E-state index contributed by atoms with van der Waals surface area (Å²) in [5.74, 6) is 5.30. The molecule has 0 spiro atoms. The van der Waals surface area contributed by atoms with Crippen LogP contribution in [-0.2, 0) is 4.74 Å². The van der Waals surface area contributed by atoms with Crippen molar-refractivity contribution in [3.8, 4) is 0 Å². The van der Waals surface area contributed by atoms with Crippen LogP contribution < -0.4 is 11.3 Å². The Morgan fingerprint density at radius 2 is 1.96 bits per heavy atom. The first-order valence-corrected chi connectivity index (χ1v) is 8.48. The summed E-state index contributed by atoms with van der Waals surface area (Å²) >= 11 is 5.86. The van der Waals surface area contributed by atoms with E-state index in [4.69, 9.17) is 22.2 Å². The second-order valence-corrected chi connectivity index (χ2v) is 6.61. The smallest absolute Gasteiger partial charge is 0.202 e. The summed E-state index contributed by atoms with van der Waals surface area (Å²) in [4.78, 5) is 11.0. The molecule has 1 aliphatic heterocycles. The second kappa shape index (κ2) is 6.91. The molecule has 1 saturated heterocycles. The number of rotatable bonds is 3. The Bertz CT molecular complexity index is 1020. The van der Waals surface area contributed by atoms with Gasteiger partial charge in [-0.05, 0) is 17.7 Å². The Hall–Kier alpha value is -2.50. The van der Waals surface area contributed by atoms with Crippen LogP contribution >= 0.6 is 11.6 Å². The van der Waals surface area contributed by atoms with E-state index in [9.17, 15) is 15.3 Å². The van der Waals surface area contributed by atoms with Gasteiger partial charge >= 0.3 is 0 Å². The van der Waals surface area contributed by atoms with Gasteiger partial charge in [-0.3, -0.25) is 4.57 Å². The highest BCUT2D eigenvalue weighted by atomic mass is 35.5. The number of nitrogens with zero attached hydrogens (tertiary/aromatic N) is 4. The molecule has 3 aromatic rings. The maximum atomic E-state index is 10.6.